The van der Waals surface area contributed by atoms with Crippen molar-refractivity contribution in [2.45, 2.75) is 19.4 Å². The molecule has 0 fully saturated rings. The van der Waals surface area contributed by atoms with Gasteiger partial charge >= 0.3 is 5.97 Å². The predicted molar refractivity (Wildman–Crippen MR) is 84.8 cm³/mol. The molecule has 2 aromatic rings. The molecule has 5 heteroatoms. The van der Waals surface area contributed by atoms with E-state index in [1.54, 1.807) is 18.2 Å². The fourth-order valence-electron chi connectivity index (χ4n) is 2.17. The van der Waals surface area contributed by atoms with Gasteiger partial charge in [0.2, 0.25) is 0 Å². The number of halogens is 2. The van der Waals surface area contributed by atoms with Crippen molar-refractivity contribution in [1.29, 1.82) is 0 Å². The summed E-state index contributed by atoms with van der Waals surface area (Å²) in [6.07, 6.45) is 1.61. The highest BCUT2D eigenvalue weighted by Crippen LogP contribution is 2.27. The van der Waals surface area contributed by atoms with Crippen LogP contribution in [-0.4, -0.2) is 17.1 Å². The molecule has 1 atom stereocenters. The Morgan fingerprint density at radius 2 is 1.87 bits per heavy atom. The molecule has 3 nitrogen and oxygen atoms in total. The van der Waals surface area contributed by atoms with E-state index < -0.39 is 23.6 Å². The van der Waals surface area contributed by atoms with Crippen molar-refractivity contribution in [2.24, 2.45) is 5.73 Å². The van der Waals surface area contributed by atoms with Crippen LogP contribution in [0.25, 0.3) is 5.57 Å². The third-order valence-corrected chi connectivity index (χ3v) is 3.48. The minimum absolute atomic E-state index is 0.0371. The Balaban J connectivity index is 2.48. The van der Waals surface area contributed by atoms with Gasteiger partial charge in [-0.1, -0.05) is 35.9 Å². The first-order chi connectivity index (χ1) is 10.9. The summed E-state index contributed by atoms with van der Waals surface area (Å²) in [6.45, 7) is 1.92. The number of carbonyl (C=O) groups is 1. The van der Waals surface area contributed by atoms with Crippen molar-refractivity contribution in [3.05, 3.63) is 76.9 Å². The standard InChI is InChI=1S/C18H17F2NO2/c1-11-2-4-12(5-3-11)14(8-9-17(21)18(22)23)15-7-6-13(19)10-16(15)20/h2-8,10,17H,9,21H2,1H3,(H,22,23). The van der Waals surface area contributed by atoms with Gasteiger partial charge in [0.1, 0.15) is 17.7 Å². The Bertz CT molecular complexity index is 739. The molecule has 1 unspecified atom stereocenters. The van der Waals surface area contributed by atoms with E-state index in [1.807, 2.05) is 19.1 Å². The monoisotopic (exact) mass is 317 g/mol. The van der Waals surface area contributed by atoms with E-state index in [1.165, 1.54) is 6.07 Å². The molecule has 0 aliphatic carbocycles. The maximum Gasteiger partial charge on any atom is 0.320 e. The van der Waals surface area contributed by atoms with Gasteiger partial charge in [0, 0.05) is 11.6 Å². The molecule has 2 rings (SSSR count). The molecular formula is C18H17F2NO2. The number of aliphatic carboxylic acids is 1. The van der Waals surface area contributed by atoms with Gasteiger partial charge in [-0.2, -0.15) is 0 Å². The maximum absolute atomic E-state index is 14.1. The molecule has 0 saturated heterocycles. The van der Waals surface area contributed by atoms with Crippen LogP contribution in [0.5, 0.6) is 0 Å². The normalized spacial score (nSPS) is 13.0. The van der Waals surface area contributed by atoms with Crippen LogP contribution in [0.15, 0.2) is 48.5 Å². The third kappa shape index (κ3) is 4.23. The molecule has 0 aliphatic heterocycles. The molecule has 3 N–H and O–H groups in total. The van der Waals surface area contributed by atoms with Crippen LogP contribution in [-0.2, 0) is 4.79 Å². The SMILES string of the molecule is Cc1ccc(C(=CCC(N)C(=O)O)c2ccc(F)cc2F)cc1. The first-order valence-electron chi connectivity index (χ1n) is 7.09. The average molecular weight is 317 g/mol. The number of nitrogens with two attached hydrogens (primary N) is 1. The molecule has 23 heavy (non-hydrogen) atoms. The number of rotatable bonds is 5. The number of aryl methyl sites for hydroxylation is 1. The van der Waals surface area contributed by atoms with Gasteiger partial charge in [0.05, 0.1) is 0 Å². The summed E-state index contributed by atoms with van der Waals surface area (Å²) in [6, 6.07) is 9.55. The minimum Gasteiger partial charge on any atom is -0.480 e. The molecule has 0 heterocycles. The van der Waals surface area contributed by atoms with Crippen LogP contribution in [0.1, 0.15) is 23.1 Å². The number of hydrogen-bond donors (Lipinski definition) is 2. The lowest BCUT2D eigenvalue weighted by molar-refractivity contribution is -0.138. The summed E-state index contributed by atoms with van der Waals surface area (Å²) in [7, 11) is 0. The van der Waals surface area contributed by atoms with E-state index in [2.05, 4.69) is 0 Å². The third-order valence-electron chi connectivity index (χ3n) is 3.48. The van der Waals surface area contributed by atoms with Gasteiger partial charge in [0.15, 0.2) is 0 Å². The van der Waals surface area contributed by atoms with Gasteiger partial charge < -0.3 is 10.8 Å². The largest absolute Gasteiger partial charge is 0.480 e. The summed E-state index contributed by atoms with van der Waals surface area (Å²) >= 11 is 0. The van der Waals surface area contributed by atoms with Crippen LogP contribution >= 0.6 is 0 Å². The highest BCUT2D eigenvalue weighted by atomic mass is 19.1. The number of benzene rings is 2. The van der Waals surface area contributed by atoms with Crippen LogP contribution < -0.4 is 5.73 Å². The van der Waals surface area contributed by atoms with Crippen LogP contribution in [0.3, 0.4) is 0 Å². The van der Waals surface area contributed by atoms with Crippen molar-refractivity contribution < 1.29 is 18.7 Å². The van der Waals surface area contributed by atoms with E-state index in [0.29, 0.717) is 11.1 Å². The van der Waals surface area contributed by atoms with Gasteiger partial charge in [-0.15, -0.1) is 0 Å². The molecule has 0 amide bonds. The van der Waals surface area contributed by atoms with Crippen molar-refractivity contribution in [2.75, 3.05) is 0 Å². The second kappa shape index (κ2) is 7.15. The van der Waals surface area contributed by atoms with Crippen LogP contribution in [0.2, 0.25) is 0 Å². The molecule has 0 aliphatic rings. The van der Waals surface area contributed by atoms with E-state index in [9.17, 15) is 13.6 Å². The van der Waals surface area contributed by atoms with Gasteiger partial charge in [-0.3, -0.25) is 4.79 Å². The number of carboxylic acids is 1. The van der Waals surface area contributed by atoms with Gasteiger partial charge in [-0.05, 0) is 36.6 Å². The lowest BCUT2D eigenvalue weighted by Gasteiger charge is -2.12. The molecule has 120 valence electrons. The summed E-state index contributed by atoms with van der Waals surface area (Å²) < 4.78 is 27.2. The van der Waals surface area contributed by atoms with Crippen LogP contribution in [0, 0.1) is 18.6 Å². The quantitative estimate of drug-likeness (QED) is 0.887. The molecule has 0 bridgehead atoms. The zero-order valence-corrected chi connectivity index (χ0v) is 12.6. The molecule has 0 aromatic heterocycles. The summed E-state index contributed by atoms with van der Waals surface area (Å²) in [5.41, 5.74) is 7.94. The van der Waals surface area contributed by atoms with E-state index in [-0.39, 0.29) is 12.0 Å². The first-order valence-corrected chi connectivity index (χ1v) is 7.09. The molecule has 2 aromatic carbocycles. The Labute approximate surface area is 133 Å². The Kier molecular flexibility index (Phi) is 5.24. The Morgan fingerprint density at radius 1 is 1.22 bits per heavy atom. The minimum atomic E-state index is -1.14. The molecule has 0 spiro atoms. The van der Waals surface area contributed by atoms with Crippen LogP contribution in [0.4, 0.5) is 8.78 Å². The lowest BCUT2D eigenvalue weighted by atomic mass is 9.95. The summed E-state index contributed by atoms with van der Waals surface area (Å²) in [4.78, 5) is 10.9. The lowest BCUT2D eigenvalue weighted by Crippen LogP contribution is -2.29. The maximum atomic E-state index is 14.1. The number of carboxylic acid groups (broad SMARTS) is 1. The summed E-state index contributed by atoms with van der Waals surface area (Å²) in [5, 5.41) is 8.89. The smallest absolute Gasteiger partial charge is 0.320 e. The zero-order chi connectivity index (χ0) is 17.0. The molecular weight excluding hydrogens is 300 g/mol. The highest BCUT2D eigenvalue weighted by Gasteiger charge is 2.14. The number of hydrogen-bond acceptors (Lipinski definition) is 2. The van der Waals surface area contributed by atoms with E-state index in [0.717, 1.165) is 17.7 Å². The Morgan fingerprint density at radius 3 is 2.43 bits per heavy atom. The fourth-order valence-corrected chi connectivity index (χ4v) is 2.17. The second-order valence-electron chi connectivity index (χ2n) is 5.29. The van der Waals surface area contributed by atoms with Crippen molar-refractivity contribution in [3.8, 4) is 0 Å². The topological polar surface area (TPSA) is 63.3 Å². The van der Waals surface area contributed by atoms with Crippen molar-refractivity contribution in [1.82, 2.24) is 0 Å². The molecule has 0 radical (unpaired) electrons. The average Bonchev–Trinajstić information content (AvgIpc) is 2.50. The van der Waals surface area contributed by atoms with E-state index >= 15 is 0 Å². The van der Waals surface area contributed by atoms with Gasteiger partial charge in [0.25, 0.3) is 0 Å². The summed E-state index contributed by atoms with van der Waals surface area (Å²) in [5.74, 6) is -2.51. The first kappa shape index (κ1) is 16.8. The van der Waals surface area contributed by atoms with Gasteiger partial charge in [-0.25, -0.2) is 8.78 Å². The second-order valence-corrected chi connectivity index (χ2v) is 5.29. The highest BCUT2D eigenvalue weighted by molar-refractivity contribution is 5.81. The fraction of sp³-hybridized carbons (Fsp3) is 0.167. The zero-order valence-electron chi connectivity index (χ0n) is 12.6. The Hall–Kier alpha value is -2.53. The van der Waals surface area contributed by atoms with E-state index in [4.69, 9.17) is 10.8 Å². The predicted octanol–water partition coefficient (Wildman–Crippen LogP) is 3.51. The van der Waals surface area contributed by atoms with Crippen molar-refractivity contribution >= 4 is 11.5 Å². The molecule has 0 saturated carbocycles. The van der Waals surface area contributed by atoms with Crippen molar-refractivity contribution in [3.63, 3.8) is 0 Å².